The summed E-state index contributed by atoms with van der Waals surface area (Å²) in [6.07, 6.45) is 5.98. The van der Waals surface area contributed by atoms with Gasteiger partial charge in [0.15, 0.2) is 5.16 Å². The summed E-state index contributed by atoms with van der Waals surface area (Å²) in [5.41, 5.74) is 3.03. The molecule has 2 aliphatic rings. The normalized spacial score (nSPS) is 19.3. The first-order valence-corrected chi connectivity index (χ1v) is 12.7. The zero-order valence-electron chi connectivity index (χ0n) is 19.0. The number of amides is 1. The van der Waals surface area contributed by atoms with Crippen molar-refractivity contribution in [1.29, 1.82) is 0 Å². The molecule has 6 heteroatoms. The number of anilines is 1. The Morgan fingerprint density at radius 1 is 1.10 bits per heavy atom. The maximum atomic E-state index is 12.7. The van der Waals surface area contributed by atoms with Gasteiger partial charge in [-0.25, -0.2) is 9.97 Å². The first kappa shape index (κ1) is 22.1. The zero-order valence-corrected chi connectivity index (χ0v) is 19.8. The molecular weight excluding hydrogens is 404 g/mol. The average molecular weight is 439 g/mol. The first-order chi connectivity index (χ1) is 15.0. The molecule has 2 fully saturated rings. The molecule has 1 aromatic heterocycles. The molecule has 2 aliphatic heterocycles. The minimum atomic E-state index is 0.156. The number of piperidine rings is 1. The molecule has 0 N–H and O–H groups in total. The number of hydrogen-bond acceptors (Lipinski definition) is 5. The topological polar surface area (TPSA) is 49.3 Å². The van der Waals surface area contributed by atoms with Gasteiger partial charge in [0.2, 0.25) is 0 Å². The van der Waals surface area contributed by atoms with Crippen LogP contribution in [0.1, 0.15) is 80.4 Å². The summed E-state index contributed by atoms with van der Waals surface area (Å²) in [6, 6.07) is 10.7. The molecule has 4 rings (SSSR count). The van der Waals surface area contributed by atoms with Gasteiger partial charge in [-0.05, 0) is 62.6 Å². The van der Waals surface area contributed by atoms with E-state index in [0.29, 0.717) is 12.0 Å². The van der Waals surface area contributed by atoms with Crippen LogP contribution in [0.25, 0.3) is 0 Å². The third kappa shape index (κ3) is 5.40. The molecule has 1 aromatic carbocycles. The highest BCUT2D eigenvalue weighted by molar-refractivity contribution is 7.98. The number of nitrogens with zero attached hydrogens (tertiary/aromatic N) is 4. The van der Waals surface area contributed by atoms with Gasteiger partial charge in [-0.3, -0.25) is 4.79 Å². The SMILES string of the molecule is CC(C)c1cc(N2CCCC[C@@H]2C)nc(SCc2cccc(C(=O)N3CCCC3)c2)n1. The molecule has 31 heavy (non-hydrogen) atoms. The van der Waals surface area contributed by atoms with Crippen molar-refractivity contribution in [2.24, 2.45) is 0 Å². The van der Waals surface area contributed by atoms with Crippen molar-refractivity contribution in [1.82, 2.24) is 14.9 Å². The highest BCUT2D eigenvalue weighted by Crippen LogP contribution is 2.29. The number of benzene rings is 1. The molecule has 2 saturated heterocycles. The Morgan fingerprint density at radius 2 is 1.87 bits per heavy atom. The molecule has 2 aromatic rings. The third-order valence-corrected chi connectivity index (χ3v) is 7.25. The van der Waals surface area contributed by atoms with Crippen molar-refractivity contribution in [2.45, 2.75) is 75.7 Å². The number of aromatic nitrogens is 2. The number of rotatable bonds is 6. The minimum Gasteiger partial charge on any atom is -0.354 e. The third-order valence-electron chi connectivity index (χ3n) is 6.34. The van der Waals surface area contributed by atoms with Gasteiger partial charge in [0, 0.05) is 48.8 Å². The standard InChI is InChI=1S/C25H34N4OS/c1-18(2)22-16-23(29-14-5-4-9-19(29)3)27-25(26-22)31-17-20-10-8-11-21(15-20)24(30)28-12-6-7-13-28/h8,10-11,15-16,18-19H,4-7,9,12-14,17H2,1-3H3/t19-/m0/s1. The summed E-state index contributed by atoms with van der Waals surface area (Å²) in [4.78, 5) is 26.9. The van der Waals surface area contributed by atoms with Crippen molar-refractivity contribution < 1.29 is 4.79 Å². The Kier molecular flexibility index (Phi) is 7.16. The molecule has 0 saturated carbocycles. The van der Waals surface area contributed by atoms with E-state index in [1.54, 1.807) is 11.8 Å². The molecule has 0 bridgehead atoms. The molecule has 0 radical (unpaired) electrons. The van der Waals surface area contributed by atoms with E-state index in [-0.39, 0.29) is 5.91 Å². The molecule has 5 nitrogen and oxygen atoms in total. The van der Waals surface area contributed by atoms with Gasteiger partial charge in [0.1, 0.15) is 5.82 Å². The predicted molar refractivity (Wildman–Crippen MR) is 128 cm³/mol. The molecule has 0 spiro atoms. The lowest BCUT2D eigenvalue weighted by Gasteiger charge is -2.34. The Labute approximate surface area is 190 Å². The number of likely N-dealkylation sites (tertiary alicyclic amines) is 1. The quantitative estimate of drug-likeness (QED) is 0.440. The van der Waals surface area contributed by atoms with E-state index in [2.05, 4.69) is 37.8 Å². The van der Waals surface area contributed by atoms with Gasteiger partial charge >= 0.3 is 0 Å². The lowest BCUT2D eigenvalue weighted by atomic mass is 10.0. The fourth-order valence-corrected chi connectivity index (χ4v) is 5.22. The van der Waals surface area contributed by atoms with Crippen LogP contribution in [-0.2, 0) is 5.75 Å². The van der Waals surface area contributed by atoms with Gasteiger partial charge in [-0.2, -0.15) is 0 Å². The summed E-state index contributed by atoms with van der Waals surface area (Å²) in [6.45, 7) is 9.50. The Hall–Kier alpha value is -2.08. The number of thioether (sulfide) groups is 1. The molecule has 1 atom stereocenters. The van der Waals surface area contributed by atoms with Gasteiger partial charge < -0.3 is 9.80 Å². The van der Waals surface area contributed by atoms with E-state index in [4.69, 9.17) is 9.97 Å². The summed E-state index contributed by atoms with van der Waals surface area (Å²) >= 11 is 1.66. The van der Waals surface area contributed by atoms with E-state index >= 15 is 0 Å². The highest BCUT2D eigenvalue weighted by atomic mass is 32.2. The lowest BCUT2D eigenvalue weighted by molar-refractivity contribution is 0.0792. The predicted octanol–water partition coefficient (Wildman–Crippen LogP) is 5.51. The highest BCUT2D eigenvalue weighted by Gasteiger charge is 2.22. The first-order valence-electron chi connectivity index (χ1n) is 11.7. The summed E-state index contributed by atoms with van der Waals surface area (Å²) in [5.74, 6) is 2.34. The molecule has 3 heterocycles. The maximum Gasteiger partial charge on any atom is 0.253 e. The van der Waals surface area contributed by atoms with Gasteiger partial charge in [0.05, 0.1) is 0 Å². The van der Waals surface area contributed by atoms with Crippen LogP contribution >= 0.6 is 11.8 Å². The van der Waals surface area contributed by atoms with Crippen LogP contribution in [0.5, 0.6) is 0 Å². The fourth-order valence-electron chi connectivity index (χ4n) is 4.42. The number of hydrogen-bond donors (Lipinski definition) is 0. The minimum absolute atomic E-state index is 0.156. The summed E-state index contributed by atoms with van der Waals surface area (Å²) in [7, 11) is 0. The second kappa shape index (κ2) is 10.0. The van der Waals surface area contributed by atoms with Crippen molar-refractivity contribution >= 4 is 23.5 Å². The van der Waals surface area contributed by atoms with Crippen LogP contribution < -0.4 is 4.90 Å². The second-order valence-electron chi connectivity index (χ2n) is 9.11. The molecule has 1 amide bonds. The van der Waals surface area contributed by atoms with Crippen LogP contribution in [0.4, 0.5) is 5.82 Å². The zero-order chi connectivity index (χ0) is 21.8. The fraction of sp³-hybridized carbons (Fsp3) is 0.560. The summed E-state index contributed by atoms with van der Waals surface area (Å²) in [5, 5.41) is 0.829. The summed E-state index contributed by atoms with van der Waals surface area (Å²) < 4.78 is 0. The number of carbonyl (C=O) groups is 1. The van der Waals surface area contributed by atoms with Crippen LogP contribution in [0.3, 0.4) is 0 Å². The lowest BCUT2D eigenvalue weighted by Crippen LogP contribution is -2.38. The van der Waals surface area contributed by atoms with Crippen LogP contribution in [0.2, 0.25) is 0 Å². The van der Waals surface area contributed by atoms with E-state index in [1.807, 2.05) is 23.1 Å². The van der Waals surface area contributed by atoms with Crippen LogP contribution in [0.15, 0.2) is 35.5 Å². The Balaban J connectivity index is 1.50. The van der Waals surface area contributed by atoms with Crippen molar-refractivity contribution in [3.8, 4) is 0 Å². The van der Waals surface area contributed by atoms with Gasteiger partial charge in [0.25, 0.3) is 5.91 Å². The van der Waals surface area contributed by atoms with Gasteiger partial charge in [-0.15, -0.1) is 0 Å². The average Bonchev–Trinajstić information content (AvgIpc) is 3.32. The maximum absolute atomic E-state index is 12.7. The Bertz CT molecular complexity index is 910. The van der Waals surface area contributed by atoms with Crippen molar-refractivity contribution in [3.05, 3.63) is 47.2 Å². The molecular formula is C25H34N4OS. The molecule has 166 valence electrons. The van der Waals surface area contributed by atoms with Gasteiger partial charge in [-0.1, -0.05) is 37.7 Å². The van der Waals surface area contributed by atoms with E-state index in [0.717, 1.165) is 66.0 Å². The van der Waals surface area contributed by atoms with Crippen LogP contribution in [-0.4, -0.2) is 46.5 Å². The molecule has 0 aliphatic carbocycles. The smallest absolute Gasteiger partial charge is 0.253 e. The van der Waals surface area contributed by atoms with E-state index in [1.165, 1.54) is 19.3 Å². The monoisotopic (exact) mass is 438 g/mol. The molecule has 0 unspecified atom stereocenters. The largest absolute Gasteiger partial charge is 0.354 e. The van der Waals surface area contributed by atoms with Crippen LogP contribution in [0, 0.1) is 0 Å². The van der Waals surface area contributed by atoms with E-state index < -0.39 is 0 Å². The number of carbonyl (C=O) groups excluding carboxylic acids is 1. The van der Waals surface area contributed by atoms with E-state index in [9.17, 15) is 4.79 Å². The van der Waals surface area contributed by atoms with Crippen molar-refractivity contribution in [2.75, 3.05) is 24.5 Å². The van der Waals surface area contributed by atoms with Crippen molar-refractivity contribution in [3.63, 3.8) is 0 Å². The second-order valence-corrected chi connectivity index (χ2v) is 10.1. The Morgan fingerprint density at radius 3 is 2.61 bits per heavy atom.